The third-order valence-electron chi connectivity index (χ3n) is 5.91. The van der Waals surface area contributed by atoms with Crippen LogP contribution >= 0.6 is 31.9 Å². The maximum atomic E-state index is 11.5. The molecule has 0 unspecified atom stereocenters. The van der Waals surface area contributed by atoms with Crippen LogP contribution in [0.1, 0.15) is 55.3 Å². The van der Waals surface area contributed by atoms with Gasteiger partial charge in [0.25, 0.3) is 0 Å². The zero-order valence-electron chi connectivity index (χ0n) is 21.0. The minimum Gasteiger partial charge on any atom is -0.295 e. The number of carbonyl (C=O) groups is 4. The van der Waals surface area contributed by atoms with Gasteiger partial charge >= 0.3 is 0 Å². The third kappa shape index (κ3) is 7.76. The smallest absolute Gasteiger partial charge is 0.173 e. The van der Waals surface area contributed by atoms with E-state index in [0.717, 1.165) is 22.3 Å². The number of ketones is 4. The highest BCUT2D eigenvalue weighted by Gasteiger charge is 2.07. The van der Waals surface area contributed by atoms with Crippen LogP contribution in [0.25, 0.3) is 22.3 Å². The van der Waals surface area contributed by atoms with Crippen molar-refractivity contribution in [3.8, 4) is 22.3 Å². The Kier molecular flexibility index (Phi) is 10.6. The Balaban J connectivity index is 0.000000212. The highest BCUT2D eigenvalue weighted by molar-refractivity contribution is 9.09. The summed E-state index contributed by atoms with van der Waals surface area (Å²) in [5, 5.41) is 0.658. The molecule has 0 aromatic heterocycles. The molecule has 0 bridgehead atoms. The molecule has 0 fully saturated rings. The van der Waals surface area contributed by atoms with Gasteiger partial charge in [-0.15, -0.1) is 0 Å². The summed E-state index contributed by atoms with van der Waals surface area (Å²) in [6.45, 7) is 3.10. The summed E-state index contributed by atoms with van der Waals surface area (Å²) >= 11 is 6.32. The maximum Gasteiger partial charge on any atom is 0.173 e. The molecule has 0 saturated carbocycles. The number of hydrogen-bond donors (Lipinski definition) is 0. The maximum absolute atomic E-state index is 11.5. The molecule has 0 atom stereocenters. The Hall–Kier alpha value is -3.48. The van der Waals surface area contributed by atoms with Crippen molar-refractivity contribution in [2.45, 2.75) is 13.8 Å². The lowest BCUT2D eigenvalue weighted by Crippen LogP contribution is -1.99. The van der Waals surface area contributed by atoms with E-state index in [0.29, 0.717) is 32.9 Å². The van der Waals surface area contributed by atoms with Gasteiger partial charge in [-0.1, -0.05) is 129 Å². The highest BCUT2D eigenvalue weighted by Crippen LogP contribution is 2.22. The van der Waals surface area contributed by atoms with Crippen molar-refractivity contribution in [3.63, 3.8) is 0 Å². The quantitative estimate of drug-likeness (QED) is 0.145. The molecule has 0 aliphatic heterocycles. The van der Waals surface area contributed by atoms with Gasteiger partial charge in [0, 0.05) is 22.3 Å². The fourth-order valence-electron chi connectivity index (χ4n) is 3.65. The summed E-state index contributed by atoms with van der Waals surface area (Å²) in [6.07, 6.45) is 0. The number of Topliss-reactive ketones (excluding diaryl/α,β-unsaturated/α-hetero) is 4. The van der Waals surface area contributed by atoms with E-state index in [1.807, 2.05) is 97.1 Å². The molecule has 0 radical (unpaired) electrons. The summed E-state index contributed by atoms with van der Waals surface area (Å²) in [5.41, 5.74) is 6.92. The lowest BCUT2D eigenvalue weighted by Gasteiger charge is -2.04. The Labute approximate surface area is 239 Å². The Morgan fingerprint density at radius 2 is 0.632 bits per heavy atom. The van der Waals surface area contributed by atoms with Crippen LogP contribution < -0.4 is 0 Å². The van der Waals surface area contributed by atoms with E-state index in [1.165, 1.54) is 0 Å². The van der Waals surface area contributed by atoms with Gasteiger partial charge in [0.1, 0.15) is 0 Å². The molecular formula is C32H26Br2O4. The molecule has 4 aromatic rings. The van der Waals surface area contributed by atoms with Crippen molar-refractivity contribution in [3.05, 3.63) is 119 Å². The Morgan fingerprint density at radius 3 is 0.816 bits per heavy atom. The van der Waals surface area contributed by atoms with Gasteiger partial charge in [0.05, 0.1) is 10.7 Å². The summed E-state index contributed by atoms with van der Waals surface area (Å²) in [7, 11) is 0. The van der Waals surface area contributed by atoms with Gasteiger partial charge < -0.3 is 0 Å². The number of carbonyl (C=O) groups excluding carboxylic acids is 4. The van der Waals surface area contributed by atoms with Crippen LogP contribution in [-0.4, -0.2) is 33.8 Å². The van der Waals surface area contributed by atoms with E-state index in [2.05, 4.69) is 31.9 Å². The molecule has 38 heavy (non-hydrogen) atoms. The van der Waals surface area contributed by atoms with Gasteiger partial charge in [-0.3, -0.25) is 19.2 Å². The second kappa shape index (κ2) is 13.9. The van der Waals surface area contributed by atoms with E-state index in [-0.39, 0.29) is 23.1 Å². The first-order valence-electron chi connectivity index (χ1n) is 11.8. The largest absolute Gasteiger partial charge is 0.295 e. The molecule has 4 aromatic carbocycles. The first-order chi connectivity index (χ1) is 18.2. The van der Waals surface area contributed by atoms with Crippen LogP contribution in [0, 0.1) is 0 Å². The highest BCUT2D eigenvalue weighted by atomic mass is 79.9. The number of hydrogen-bond acceptors (Lipinski definition) is 4. The molecule has 192 valence electrons. The van der Waals surface area contributed by atoms with Crippen LogP contribution in [0.15, 0.2) is 97.1 Å². The van der Waals surface area contributed by atoms with E-state index in [9.17, 15) is 19.2 Å². The Morgan fingerprint density at radius 1 is 0.421 bits per heavy atom. The monoisotopic (exact) mass is 632 g/mol. The molecule has 6 heteroatoms. The summed E-state index contributed by atoms with van der Waals surface area (Å²) in [6, 6.07) is 29.8. The van der Waals surface area contributed by atoms with E-state index in [1.54, 1.807) is 13.8 Å². The molecule has 4 rings (SSSR count). The van der Waals surface area contributed by atoms with Crippen LogP contribution in [0.3, 0.4) is 0 Å². The van der Waals surface area contributed by atoms with Crippen LogP contribution in [-0.2, 0) is 0 Å². The number of halogens is 2. The second-order valence-electron chi connectivity index (χ2n) is 8.54. The summed E-state index contributed by atoms with van der Waals surface area (Å²) in [5.74, 6) is 0.256. The lowest BCUT2D eigenvalue weighted by atomic mass is 10.0. The van der Waals surface area contributed by atoms with Gasteiger partial charge in [-0.05, 0) is 36.1 Å². The van der Waals surface area contributed by atoms with Gasteiger partial charge in [-0.2, -0.15) is 0 Å². The Bertz CT molecular complexity index is 1310. The number of benzene rings is 4. The second-order valence-corrected chi connectivity index (χ2v) is 9.66. The number of alkyl halides is 2. The van der Waals surface area contributed by atoms with Crippen molar-refractivity contribution >= 4 is 55.0 Å². The zero-order valence-corrected chi connectivity index (χ0v) is 24.2. The average molecular weight is 634 g/mol. The SMILES string of the molecule is CC(=O)c1ccc(-c2ccc(C(C)=O)cc2)cc1.O=C(CBr)c1ccc(-c2ccc(C(=O)CBr)cc2)cc1. The van der Waals surface area contributed by atoms with Crippen molar-refractivity contribution in [2.75, 3.05) is 10.7 Å². The van der Waals surface area contributed by atoms with Crippen LogP contribution in [0.4, 0.5) is 0 Å². The first-order valence-corrected chi connectivity index (χ1v) is 14.1. The fourth-order valence-corrected chi connectivity index (χ4v) is 4.29. The normalized spacial score (nSPS) is 10.2. The molecule has 0 N–H and O–H groups in total. The predicted octanol–water partition coefficient (Wildman–Crippen LogP) is 8.27. The van der Waals surface area contributed by atoms with Crippen LogP contribution in [0.2, 0.25) is 0 Å². The topological polar surface area (TPSA) is 68.3 Å². The molecule has 0 aliphatic carbocycles. The molecule has 0 aliphatic rings. The molecule has 4 nitrogen and oxygen atoms in total. The molecule has 0 spiro atoms. The zero-order chi connectivity index (χ0) is 27.7. The van der Waals surface area contributed by atoms with Gasteiger partial charge in [0.2, 0.25) is 0 Å². The van der Waals surface area contributed by atoms with Gasteiger partial charge in [0.15, 0.2) is 23.1 Å². The summed E-state index contributed by atoms with van der Waals surface area (Å²) in [4.78, 5) is 45.4. The predicted molar refractivity (Wildman–Crippen MR) is 160 cm³/mol. The van der Waals surface area contributed by atoms with E-state index >= 15 is 0 Å². The number of rotatable bonds is 8. The minimum absolute atomic E-state index is 0.0634. The van der Waals surface area contributed by atoms with E-state index in [4.69, 9.17) is 0 Å². The third-order valence-corrected chi connectivity index (χ3v) is 6.92. The minimum atomic E-state index is 0.0634. The first kappa shape index (κ1) is 29.1. The molecular weight excluding hydrogens is 608 g/mol. The summed E-state index contributed by atoms with van der Waals surface area (Å²) < 4.78 is 0. The van der Waals surface area contributed by atoms with Crippen molar-refractivity contribution in [2.24, 2.45) is 0 Å². The fraction of sp³-hybridized carbons (Fsp3) is 0.125. The van der Waals surface area contributed by atoms with Crippen molar-refractivity contribution < 1.29 is 19.2 Å². The molecule has 0 saturated heterocycles. The van der Waals surface area contributed by atoms with E-state index < -0.39 is 0 Å². The van der Waals surface area contributed by atoms with Crippen LogP contribution in [0.5, 0.6) is 0 Å². The standard InChI is InChI=1S/C16H12Br2O2.C16H14O2/c17-9-15(19)13-5-1-11(2-6-13)12-3-7-14(8-4-12)16(20)10-18;1-11(17)13-3-7-15(8-4-13)16-9-5-14(6-10-16)12(2)18/h1-8H,9-10H2;3-10H,1-2H3. The molecule has 0 heterocycles. The van der Waals surface area contributed by atoms with Crippen molar-refractivity contribution in [1.29, 1.82) is 0 Å². The van der Waals surface area contributed by atoms with Gasteiger partial charge in [-0.25, -0.2) is 0 Å². The molecule has 0 amide bonds. The lowest BCUT2D eigenvalue weighted by molar-refractivity contribution is 0.100. The average Bonchev–Trinajstić information content (AvgIpc) is 2.97. The van der Waals surface area contributed by atoms with Crippen molar-refractivity contribution in [1.82, 2.24) is 0 Å².